The van der Waals surface area contributed by atoms with E-state index >= 15 is 0 Å². The van der Waals surface area contributed by atoms with Crippen molar-refractivity contribution in [3.05, 3.63) is 154 Å². The van der Waals surface area contributed by atoms with E-state index in [1.807, 2.05) is 79.7 Å². The smallest absolute Gasteiger partial charge is 0.338 e. The fourth-order valence-corrected chi connectivity index (χ4v) is 7.38. The van der Waals surface area contributed by atoms with Crippen LogP contribution in [0.1, 0.15) is 45.2 Å². The summed E-state index contributed by atoms with van der Waals surface area (Å²) in [6.07, 6.45) is -4.71. The molecule has 2 heterocycles. The van der Waals surface area contributed by atoms with Gasteiger partial charge < -0.3 is 33.2 Å². The van der Waals surface area contributed by atoms with E-state index in [1.54, 1.807) is 48.5 Å². The predicted octanol–water partition coefficient (Wildman–Crippen LogP) is 7.08. The van der Waals surface area contributed by atoms with E-state index in [1.165, 1.54) is 0 Å². The van der Waals surface area contributed by atoms with Gasteiger partial charge in [-0.3, -0.25) is 0 Å². The number of rotatable bonds is 14. The summed E-state index contributed by atoms with van der Waals surface area (Å²) in [6.45, 7) is 2.59. The summed E-state index contributed by atoms with van der Waals surface area (Å²) in [5.41, 5.74) is 12.5. The highest BCUT2D eigenvalue weighted by Crippen LogP contribution is 2.42. The van der Waals surface area contributed by atoms with E-state index in [2.05, 4.69) is 10.0 Å². The molecule has 3 aliphatic rings. The summed E-state index contributed by atoms with van der Waals surface area (Å²) in [5.74, 6) is -1.55. The summed E-state index contributed by atoms with van der Waals surface area (Å²) in [6, 6.07) is 35.9. The number of nitrogens with zero attached hydrogens (tertiary/aromatic N) is 3. The van der Waals surface area contributed by atoms with Crippen LogP contribution in [0.2, 0.25) is 0 Å². The highest BCUT2D eigenvalue weighted by atomic mass is 16.7. The van der Waals surface area contributed by atoms with Crippen molar-refractivity contribution in [2.75, 3.05) is 13.2 Å². The van der Waals surface area contributed by atoms with E-state index in [4.69, 9.17) is 33.2 Å². The summed E-state index contributed by atoms with van der Waals surface area (Å²) >= 11 is 0. The highest BCUT2D eigenvalue weighted by Gasteiger charge is 2.55. The molecule has 6 unspecified atom stereocenters. The molecule has 7 rings (SSSR count). The van der Waals surface area contributed by atoms with E-state index in [0.717, 1.165) is 11.1 Å². The number of esters is 2. The topological polar surface area (TPSA) is 148 Å². The molecule has 10 atom stereocenters. The molecule has 2 aliphatic heterocycles. The van der Waals surface area contributed by atoms with Crippen molar-refractivity contribution in [2.45, 2.75) is 75.5 Å². The largest absolute Gasteiger partial charge is 0.459 e. The molecule has 0 aromatic heterocycles. The second-order valence-corrected chi connectivity index (χ2v) is 13.8. The van der Waals surface area contributed by atoms with Crippen LogP contribution in [0.15, 0.2) is 126 Å². The van der Waals surface area contributed by atoms with Gasteiger partial charge in [0.25, 0.3) is 0 Å². The van der Waals surface area contributed by atoms with Crippen molar-refractivity contribution in [3.8, 4) is 0 Å². The number of hydrogen-bond acceptors (Lipinski definition) is 10. The average molecular weight is 734 g/mol. The maximum Gasteiger partial charge on any atom is 0.338 e. The van der Waals surface area contributed by atoms with Gasteiger partial charge in [0.15, 0.2) is 12.4 Å². The maximum absolute atomic E-state index is 13.5. The lowest BCUT2D eigenvalue weighted by molar-refractivity contribution is -0.295. The molecule has 2 saturated heterocycles. The van der Waals surface area contributed by atoms with Crippen molar-refractivity contribution in [3.63, 3.8) is 0 Å². The number of carbonyl (C=O) groups excluding carboxylic acids is 2. The van der Waals surface area contributed by atoms with Crippen LogP contribution in [0.3, 0.4) is 0 Å². The Bertz CT molecular complexity index is 1860. The number of fused-ring (bicyclic) bond motifs is 2. The molecule has 0 radical (unpaired) electrons. The number of ether oxygens (including phenoxy) is 7. The van der Waals surface area contributed by atoms with Crippen molar-refractivity contribution in [2.24, 2.45) is 17.0 Å². The summed E-state index contributed by atoms with van der Waals surface area (Å²) < 4.78 is 44.8. The van der Waals surface area contributed by atoms with Gasteiger partial charge in [-0.2, -0.15) is 0 Å². The Kier molecular flexibility index (Phi) is 12.3. The van der Waals surface area contributed by atoms with Crippen LogP contribution in [-0.2, 0) is 46.4 Å². The maximum atomic E-state index is 13.5. The lowest BCUT2D eigenvalue weighted by Gasteiger charge is -2.47. The van der Waals surface area contributed by atoms with E-state index in [9.17, 15) is 15.1 Å². The van der Waals surface area contributed by atoms with Crippen LogP contribution in [0.5, 0.6) is 0 Å². The molecule has 0 spiro atoms. The van der Waals surface area contributed by atoms with Crippen LogP contribution in [0.25, 0.3) is 10.4 Å². The van der Waals surface area contributed by atoms with Gasteiger partial charge in [0.2, 0.25) is 0 Å². The van der Waals surface area contributed by atoms with Crippen LogP contribution in [0.4, 0.5) is 0 Å². The Morgan fingerprint density at radius 2 is 1.30 bits per heavy atom. The molecule has 1 aliphatic carbocycles. The minimum Gasteiger partial charge on any atom is -0.459 e. The molecule has 4 aromatic carbocycles. The molecule has 3 fully saturated rings. The first-order chi connectivity index (χ1) is 26.5. The Balaban J connectivity index is 1.18. The van der Waals surface area contributed by atoms with E-state index in [0.29, 0.717) is 24.2 Å². The van der Waals surface area contributed by atoms with E-state index < -0.39 is 60.9 Å². The minimum atomic E-state index is -1.14. The monoisotopic (exact) mass is 733 g/mol. The zero-order valence-corrected chi connectivity index (χ0v) is 29.9. The molecule has 0 N–H and O–H groups in total. The first kappa shape index (κ1) is 37.3. The Hall–Kier alpha value is -5.07. The lowest BCUT2D eigenvalue weighted by atomic mass is 9.82. The molecule has 280 valence electrons. The summed E-state index contributed by atoms with van der Waals surface area (Å²) in [7, 11) is 0. The Morgan fingerprint density at radius 1 is 0.741 bits per heavy atom. The molecule has 1 saturated carbocycles. The number of carbonyl (C=O) groups is 2. The van der Waals surface area contributed by atoms with Crippen molar-refractivity contribution in [1.82, 2.24) is 0 Å². The van der Waals surface area contributed by atoms with Gasteiger partial charge >= 0.3 is 11.9 Å². The molecule has 12 heteroatoms. The van der Waals surface area contributed by atoms with Crippen LogP contribution < -0.4 is 0 Å². The lowest BCUT2D eigenvalue weighted by Crippen LogP contribution is -2.60. The molecule has 12 nitrogen and oxygen atoms in total. The first-order valence-corrected chi connectivity index (χ1v) is 18.2. The SMILES string of the molecule is CC1C(COC(=O)c2ccccc2)OC(OC2C3COC(C3)[C@@H](OC(=O)c3ccccc3)[C@@H]2OCc2ccccc2)[C@@H](N=[N+]=[N-])[C@@H]1OCc1ccccc1. The second kappa shape index (κ2) is 17.8. The van der Waals surface area contributed by atoms with Gasteiger partial charge in [0.1, 0.15) is 18.8 Å². The first-order valence-electron chi connectivity index (χ1n) is 18.2. The third kappa shape index (κ3) is 8.82. The molecule has 54 heavy (non-hydrogen) atoms. The highest BCUT2D eigenvalue weighted by molar-refractivity contribution is 5.89. The zero-order valence-electron chi connectivity index (χ0n) is 29.9. The van der Waals surface area contributed by atoms with Crippen molar-refractivity contribution in [1.29, 1.82) is 0 Å². The molecule has 4 aromatic rings. The molecular formula is C42H43N3O9. The fourth-order valence-electron chi connectivity index (χ4n) is 7.38. The van der Waals surface area contributed by atoms with E-state index in [-0.39, 0.29) is 31.7 Å². The standard InChI is InChI=1S/C42H43N3O9/c1-27-34(26-51-40(46)30-18-10-4-11-19-30)52-42(35(44-45-43)36(27)49-23-28-14-6-2-7-15-28)54-37-32-22-33(48-25-32)38(53-41(47)31-20-12-5-13-21-31)39(37)50-24-29-16-8-3-9-17-29/h2-21,27,32-39,42H,22-26H2,1H3/t27?,32?,33?,34?,35-,36+,37?,38+,39+,42?/m0/s1. The second-order valence-electron chi connectivity index (χ2n) is 13.8. The van der Waals surface area contributed by atoms with Gasteiger partial charge in [-0.25, -0.2) is 9.59 Å². The fraction of sp³-hybridized carbons (Fsp3) is 0.381. The van der Waals surface area contributed by atoms with Gasteiger partial charge in [0, 0.05) is 16.7 Å². The predicted molar refractivity (Wildman–Crippen MR) is 196 cm³/mol. The van der Waals surface area contributed by atoms with Crippen LogP contribution in [0, 0.1) is 11.8 Å². The number of benzene rings is 4. The molecular weight excluding hydrogens is 690 g/mol. The van der Waals surface area contributed by atoms with Crippen LogP contribution >= 0.6 is 0 Å². The Labute approximate surface area is 313 Å². The van der Waals surface area contributed by atoms with Crippen molar-refractivity contribution < 1.29 is 42.7 Å². The minimum absolute atomic E-state index is 0.104. The number of azide groups is 1. The van der Waals surface area contributed by atoms with Gasteiger partial charge in [-0.05, 0) is 47.3 Å². The van der Waals surface area contributed by atoms with Gasteiger partial charge in [-0.1, -0.05) is 109 Å². The third-order valence-electron chi connectivity index (χ3n) is 10.3. The third-order valence-corrected chi connectivity index (χ3v) is 10.3. The molecule has 0 amide bonds. The zero-order chi connectivity index (χ0) is 37.3. The Morgan fingerprint density at radius 3 is 1.89 bits per heavy atom. The van der Waals surface area contributed by atoms with Crippen molar-refractivity contribution >= 4 is 11.9 Å². The van der Waals surface area contributed by atoms with Gasteiger partial charge in [-0.15, -0.1) is 0 Å². The summed E-state index contributed by atoms with van der Waals surface area (Å²) in [4.78, 5) is 29.7. The normalized spacial score (nSPS) is 28.8. The van der Waals surface area contributed by atoms with Crippen LogP contribution in [-0.4, -0.2) is 74.1 Å². The summed E-state index contributed by atoms with van der Waals surface area (Å²) in [5, 5.41) is 4.18. The number of hydrogen-bond donors (Lipinski definition) is 0. The molecule has 2 bridgehead atoms. The average Bonchev–Trinajstić information content (AvgIpc) is 3.66. The van der Waals surface area contributed by atoms with Gasteiger partial charge in [0.05, 0.1) is 55.4 Å². The quantitative estimate of drug-likeness (QED) is 0.0574.